The van der Waals surface area contributed by atoms with Crippen molar-refractivity contribution in [1.29, 1.82) is 0 Å². The van der Waals surface area contributed by atoms with Gasteiger partial charge in [-0.25, -0.2) is 4.98 Å². The second-order valence-corrected chi connectivity index (χ2v) is 5.08. The SMILES string of the molecule is Cc1cc(C(=O)N(C)C(C)c2ccncc2)cc(Cl)n1. The minimum Gasteiger partial charge on any atom is -0.335 e. The fourth-order valence-corrected chi connectivity index (χ4v) is 2.25. The third-order valence-corrected chi connectivity index (χ3v) is 3.45. The molecule has 5 heteroatoms. The molecular weight excluding hydrogens is 274 g/mol. The highest BCUT2D eigenvalue weighted by Gasteiger charge is 2.19. The number of carbonyl (C=O) groups is 1. The third-order valence-electron chi connectivity index (χ3n) is 3.26. The van der Waals surface area contributed by atoms with Crippen LogP contribution in [0.3, 0.4) is 0 Å². The summed E-state index contributed by atoms with van der Waals surface area (Å²) in [6, 6.07) is 7.09. The van der Waals surface area contributed by atoms with Gasteiger partial charge in [0.15, 0.2) is 0 Å². The van der Waals surface area contributed by atoms with E-state index in [9.17, 15) is 4.79 Å². The zero-order valence-electron chi connectivity index (χ0n) is 11.7. The van der Waals surface area contributed by atoms with Crippen LogP contribution >= 0.6 is 11.6 Å². The molecule has 104 valence electrons. The van der Waals surface area contributed by atoms with E-state index in [0.29, 0.717) is 10.7 Å². The van der Waals surface area contributed by atoms with Crippen molar-refractivity contribution >= 4 is 17.5 Å². The molecule has 1 atom stereocenters. The number of hydrogen-bond donors (Lipinski definition) is 0. The van der Waals surface area contributed by atoms with Gasteiger partial charge in [-0.2, -0.15) is 0 Å². The van der Waals surface area contributed by atoms with Gasteiger partial charge in [0.2, 0.25) is 0 Å². The van der Waals surface area contributed by atoms with Crippen LogP contribution in [-0.2, 0) is 0 Å². The van der Waals surface area contributed by atoms with Crippen LogP contribution in [0.25, 0.3) is 0 Å². The Balaban J connectivity index is 2.24. The molecule has 0 aliphatic rings. The minimum absolute atomic E-state index is 0.0438. The van der Waals surface area contributed by atoms with Crippen molar-refractivity contribution in [1.82, 2.24) is 14.9 Å². The van der Waals surface area contributed by atoms with E-state index in [-0.39, 0.29) is 11.9 Å². The van der Waals surface area contributed by atoms with Gasteiger partial charge >= 0.3 is 0 Å². The van der Waals surface area contributed by atoms with Crippen LogP contribution in [0.5, 0.6) is 0 Å². The molecule has 2 aromatic heterocycles. The standard InChI is InChI=1S/C15H16ClN3O/c1-10-8-13(9-14(16)18-10)15(20)19(3)11(2)12-4-6-17-7-5-12/h4-9,11H,1-3H3. The van der Waals surface area contributed by atoms with Crippen LogP contribution in [0.15, 0.2) is 36.7 Å². The molecule has 0 saturated carbocycles. The summed E-state index contributed by atoms with van der Waals surface area (Å²) in [5.74, 6) is -0.0817. The van der Waals surface area contributed by atoms with E-state index in [1.807, 2.05) is 26.0 Å². The largest absolute Gasteiger partial charge is 0.335 e. The Kier molecular flexibility index (Phi) is 4.35. The van der Waals surface area contributed by atoms with E-state index >= 15 is 0 Å². The number of amides is 1. The summed E-state index contributed by atoms with van der Waals surface area (Å²) in [4.78, 5) is 22.2. The van der Waals surface area contributed by atoms with Crippen LogP contribution in [-0.4, -0.2) is 27.8 Å². The van der Waals surface area contributed by atoms with Crippen LogP contribution in [0.2, 0.25) is 5.15 Å². The second-order valence-electron chi connectivity index (χ2n) is 4.69. The quantitative estimate of drug-likeness (QED) is 0.815. The molecule has 0 N–H and O–H groups in total. The Labute approximate surface area is 123 Å². The van der Waals surface area contributed by atoms with E-state index in [1.54, 1.807) is 36.5 Å². The summed E-state index contributed by atoms with van der Waals surface area (Å²) in [6.07, 6.45) is 3.44. The van der Waals surface area contributed by atoms with Crippen LogP contribution < -0.4 is 0 Å². The van der Waals surface area contributed by atoms with Crippen molar-refractivity contribution in [2.75, 3.05) is 7.05 Å². The summed E-state index contributed by atoms with van der Waals surface area (Å²) in [5, 5.41) is 0.332. The summed E-state index contributed by atoms with van der Waals surface area (Å²) >= 11 is 5.91. The highest BCUT2D eigenvalue weighted by atomic mass is 35.5. The lowest BCUT2D eigenvalue weighted by molar-refractivity contribution is 0.0742. The average Bonchev–Trinajstić information content (AvgIpc) is 2.45. The molecule has 2 heterocycles. The van der Waals surface area contributed by atoms with Crippen molar-refractivity contribution in [3.05, 3.63) is 58.6 Å². The molecule has 1 unspecified atom stereocenters. The number of aromatic nitrogens is 2. The van der Waals surface area contributed by atoms with Crippen LogP contribution in [0.4, 0.5) is 0 Å². The van der Waals surface area contributed by atoms with Gasteiger partial charge in [-0.3, -0.25) is 9.78 Å². The van der Waals surface area contributed by atoms with Gasteiger partial charge in [0.1, 0.15) is 5.15 Å². The lowest BCUT2D eigenvalue weighted by Gasteiger charge is -2.25. The van der Waals surface area contributed by atoms with Crippen molar-refractivity contribution < 1.29 is 4.79 Å². The van der Waals surface area contributed by atoms with E-state index in [1.165, 1.54) is 0 Å². The maximum Gasteiger partial charge on any atom is 0.254 e. The lowest BCUT2D eigenvalue weighted by atomic mass is 10.1. The molecule has 0 aliphatic heterocycles. The third kappa shape index (κ3) is 3.14. The molecule has 1 amide bonds. The van der Waals surface area contributed by atoms with E-state index in [2.05, 4.69) is 9.97 Å². The molecule has 0 aliphatic carbocycles. The Bertz CT molecular complexity index is 596. The Morgan fingerprint density at radius 1 is 1.30 bits per heavy atom. The predicted octanol–water partition coefficient (Wildman–Crippen LogP) is 3.27. The van der Waals surface area contributed by atoms with Gasteiger partial charge in [-0.1, -0.05) is 11.6 Å². The van der Waals surface area contributed by atoms with Gasteiger partial charge in [0, 0.05) is 30.7 Å². The van der Waals surface area contributed by atoms with Gasteiger partial charge in [0.05, 0.1) is 6.04 Å². The molecule has 0 saturated heterocycles. The number of aryl methyl sites for hydroxylation is 1. The number of pyridine rings is 2. The fourth-order valence-electron chi connectivity index (χ4n) is 2.00. The maximum absolute atomic E-state index is 12.5. The van der Waals surface area contributed by atoms with Crippen LogP contribution in [0, 0.1) is 6.92 Å². The monoisotopic (exact) mass is 289 g/mol. The zero-order chi connectivity index (χ0) is 14.7. The first-order valence-electron chi connectivity index (χ1n) is 6.30. The number of halogens is 1. The molecule has 20 heavy (non-hydrogen) atoms. The number of nitrogens with zero attached hydrogens (tertiary/aromatic N) is 3. The van der Waals surface area contributed by atoms with Gasteiger partial charge in [0.25, 0.3) is 5.91 Å². The molecule has 0 fully saturated rings. The van der Waals surface area contributed by atoms with Crippen molar-refractivity contribution in [2.45, 2.75) is 19.9 Å². The van der Waals surface area contributed by atoms with Gasteiger partial charge in [-0.05, 0) is 43.7 Å². The molecule has 0 bridgehead atoms. The van der Waals surface area contributed by atoms with Gasteiger partial charge < -0.3 is 4.90 Å². The normalized spacial score (nSPS) is 12.0. The molecule has 0 spiro atoms. The molecule has 0 radical (unpaired) electrons. The average molecular weight is 290 g/mol. The van der Waals surface area contributed by atoms with E-state index in [4.69, 9.17) is 11.6 Å². The first-order valence-corrected chi connectivity index (χ1v) is 6.68. The summed E-state index contributed by atoms with van der Waals surface area (Å²) in [5.41, 5.74) is 2.31. The molecule has 2 aromatic rings. The smallest absolute Gasteiger partial charge is 0.254 e. The van der Waals surface area contributed by atoms with E-state index < -0.39 is 0 Å². The Hall–Kier alpha value is -1.94. The molecular formula is C15H16ClN3O. The Morgan fingerprint density at radius 2 is 1.95 bits per heavy atom. The summed E-state index contributed by atoms with van der Waals surface area (Å²) in [6.45, 7) is 3.79. The first-order chi connectivity index (χ1) is 9.49. The fraction of sp³-hybridized carbons (Fsp3) is 0.267. The first kappa shape index (κ1) is 14.5. The summed E-state index contributed by atoms with van der Waals surface area (Å²) in [7, 11) is 1.77. The number of hydrogen-bond acceptors (Lipinski definition) is 3. The molecule has 2 rings (SSSR count). The van der Waals surface area contributed by atoms with Crippen molar-refractivity contribution in [3.8, 4) is 0 Å². The second kappa shape index (κ2) is 6.01. The van der Waals surface area contributed by atoms with Gasteiger partial charge in [-0.15, -0.1) is 0 Å². The lowest BCUT2D eigenvalue weighted by Crippen LogP contribution is -2.29. The minimum atomic E-state index is -0.0817. The number of carbonyl (C=O) groups excluding carboxylic acids is 1. The molecule has 4 nitrogen and oxygen atoms in total. The molecule has 0 aromatic carbocycles. The van der Waals surface area contributed by atoms with Crippen molar-refractivity contribution in [2.24, 2.45) is 0 Å². The number of rotatable bonds is 3. The Morgan fingerprint density at radius 3 is 2.55 bits per heavy atom. The highest BCUT2D eigenvalue weighted by Crippen LogP contribution is 2.21. The topological polar surface area (TPSA) is 46.1 Å². The predicted molar refractivity (Wildman–Crippen MR) is 78.7 cm³/mol. The zero-order valence-corrected chi connectivity index (χ0v) is 12.4. The van der Waals surface area contributed by atoms with Crippen LogP contribution in [0.1, 0.15) is 34.6 Å². The summed E-state index contributed by atoms with van der Waals surface area (Å²) < 4.78 is 0. The highest BCUT2D eigenvalue weighted by molar-refractivity contribution is 6.29. The van der Waals surface area contributed by atoms with E-state index in [0.717, 1.165) is 11.3 Å². The maximum atomic E-state index is 12.5. The van der Waals surface area contributed by atoms with Crippen molar-refractivity contribution in [3.63, 3.8) is 0 Å².